The number of carbonyl (C=O) groups excluding carboxylic acids is 2. The maximum absolute atomic E-state index is 11.2. The average Bonchev–Trinajstić information content (AvgIpc) is 2.44. The molecule has 0 aromatic carbocycles. The highest BCUT2D eigenvalue weighted by Crippen LogP contribution is 1.92. The minimum absolute atomic E-state index is 0.316. The summed E-state index contributed by atoms with van der Waals surface area (Å²) in [5.41, 5.74) is 0. The molecule has 0 aromatic rings. The Morgan fingerprint density at radius 3 is 1.50 bits per heavy atom. The van der Waals surface area contributed by atoms with Crippen molar-refractivity contribution in [2.24, 2.45) is 0 Å². The summed E-state index contributed by atoms with van der Waals surface area (Å²) in [7, 11) is 0. The molecule has 0 atom stereocenters. The van der Waals surface area contributed by atoms with Gasteiger partial charge in [-0.05, 0) is 25.7 Å². The number of allylic oxidation sites excluding steroid dienone is 2. The highest BCUT2D eigenvalue weighted by atomic mass is 16.5. The first-order chi connectivity index (χ1) is 9.70. The van der Waals surface area contributed by atoms with E-state index in [2.05, 4.69) is 0 Å². The molecule has 0 aliphatic carbocycles. The fraction of sp³-hybridized carbons (Fsp3) is 0.500. The molecule has 0 saturated carbocycles. The Hall–Kier alpha value is -1.84. The molecule has 0 fully saturated rings. The van der Waals surface area contributed by atoms with E-state index in [4.69, 9.17) is 9.47 Å². The van der Waals surface area contributed by atoms with E-state index in [0.29, 0.717) is 26.1 Å². The number of carbonyl (C=O) groups is 2. The van der Waals surface area contributed by atoms with Crippen molar-refractivity contribution in [3.8, 4) is 0 Å². The van der Waals surface area contributed by atoms with Gasteiger partial charge in [-0.15, -0.1) is 0 Å². The average molecular weight is 280 g/mol. The van der Waals surface area contributed by atoms with Crippen molar-refractivity contribution in [1.29, 1.82) is 0 Å². The lowest BCUT2D eigenvalue weighted by Gasteiger charge is -1.99. The van der Waals surface area contributed by atoms with E-state index in [1.54, 1.807) is 0 Å². The van der Waals surface area contributed by atoms with Gasteiger partial charge in [-0.3, -0.25) is 0 Å². The Morgan fingerprint density at radius 2 is 1.15 bits per heavy atom. The lowest BCUT2D eigenvalue weighted by atomic mass is 10.3. The smallest absolute Gasteiger partial charge is 0.331 e. The molecule has 0 unspecified atom stereocenters. The number of rotatable bonds is 10. The lowest BCUT2D eigenvalue weighted by Crippen LogP contribution is -2.05. The maximum atomic E-state index is 11.2. The summed E-state index contributed by atoms with van der Waals surface area (Å²) in [4.78, 5) is 22.5. The molecule has 0 aliphatic rings. The van der Waals surface area contributed by atoms with Gasteiger partial charge in [0.25, 0.3) is 0 Å². The van der Waals surface area contributed by atoms with Crippen LogP contribution in [0.2, 0.25) is 0 Å². The van der Waals surface area contributed by atoms with E-state index in [1.165, 1.54) is 0 Å². The van der Waals surface area contributed by atoms with Crippen LogP contribution in [-0.2, 0) is 19.1 Å². The summed E-state index contributed by atoms with van der Waals surface area (Å²) in [6.45, 7) is 4.71. The third-order valence-electron chi connectivity index (χ3n) is 2.22. The second kappa shape index (κ2) is 13.6. The van der Waals surface area contributed by atoms with E-state index >= 15 is 0 Å². The molecule has 0 rings (SSSR count). The van der Waals surface area contributed by atoms with Crippen LogP contribution in [0.1, 0.15) is 39.5 Å². The van der Waals surface area contributed by atoms with Crippen molar-refractivity contribution in [1.82, 2.24) is 0 Å². The Morgan fingerprint density at radius 1 is 0.750 bits per heavy atom. The lowest BCUT2D eigenvalue weighted by molar-refractivity contribution is -0.140. The minimum atomic E-state index is -0.530. The zero-order chi connectivity index (χ0) is 15.1. The third-order valence-corrected chi connectivity index (χ3v) is 2.22. The molecular formula is C16H24O4. The molecule has 0 aromatic heterocycles. The predicted molar refractivity (Wildman–Crippen MR) is 79.2 cm³/mol. The van der Waals surface area contributed by atoms with Gasteiger partial charge in [0.1, 0.15) is 0 Å². The third kappa shape index (κ3) is 12.6. The van der Waals surface area contributed by atoms with Crippen LogP contribution in [0.3, 0.4) is 0 Å². The molecule has 0 aliphatic heterocycles. The Kier molecular flexibility index (Phi) is 12.3. The zero-order valence-electron chi connectivity index (χ0n) is 12.3. The van der Waals surface area contributed by atoms with Gasteiger partial charge < -0.3 is 9.47 Å². The summed E-state index contributed by atoms with van der Waals surface area (Å²) < 4.78 is 9.80. The quantitative estimate of drug-likeness (QED) is 0.266. The minimum Gasteiger partial charge on any atom is -0.462 e. The van der Waals surface area contributed by atoms with Gasteiger partial charge in [-0.2, -0.15) is 0 Å². The van der Waals surface area contributed by atoms with Gasteiger partial charge in [0, 0.05) is 12.2 Å². The molecule has 0 N–H and O–H groups in total. The van der Waals surface area contributed by atoms with Crippen LogP contribution in [0.5, 0.6) is 0 Å². The Bertz CT molecular complexity index is 319. The van der Waals surface area contributed by atoms with Gasteiger partial charge in [0.15, 0.2) is 0 Å². The predicted octanol–water partition coefficient (Wildman–Crippen LogP) is 3.34. The van der Waals surface area contributed by atoms with E-state index < -0.39 is 11.9 Å². The molecule has 112 valence electrons. The number of ether oxygens (including phenoxy) is 2. The summed E-state index contributed by atoms with van der Waals surface area (Å²) in [5, 5.41) is 0. The van der Waals surface area contributed by atoms with Gasteiger partial charge in [0.05, 0.1) is 13.2 Å². The van der Waals surface area contributed by atoms with Crippen molar-refractivity contribution in [2.75, 3.05) is 13.2 Å². The van der Waals surface area contributed by atoms with Crippen molar-refractivity contribution in [3.05, 3.63) is 36.5 Å². The molecule has 0 spiro atoms. The maximum Gasteiger partial charge on any atom is 0.331 e. The van der Waals surface area contributed by atoms with Gasteiger partial charge in [-0.25, -0.2) is 9.59 Å². The highest BCUT2D eigenvalue weighted by Gasteiger charge is 1.99. The largest absolute Gasteiger partial charge is 0.462 e. The normalized spacial score (nSPS) is 11.5. The number of hydrogen-bond acceptors (Lipinski definition) is 4. The molecule has 0 radical (unpaired) electrons. The molecule has 20 heavy (non-hydrogen) atoms. The number of esters is 2. The van der Waals surface area contributed by atoms with Gasteiger partial charge in [0.2, 0.25) is 0 Å². The second-order valence-corrected chi connectivity index (χ2v) is 4.00. The monoisotopic (exact) mass is 280 g/mol. The zero-order valence-corrected chi connectivity index (χ0v) is 12.3. The molecule has 0 bridgehead atoms. The van der Waals surface area contributed by atoms with Crippen molar-refractivity contribution in [3.63, 3.8) is 0 Å². The molecule has 0 heterocycles. The topological polar surface area (TPSA) is 52.6 Å². The van der Waals surface area contributed by atoms with E-state index in [9.17, 15) is 9.59 Å². The molecule has 4 nitrogen and oxygen atoms in total. The first-order valence-electron chi connectivity index (χ1n) is 7.02. The summed E-state index contributed by atoms with van der Waals surface area (Å²) >= 11 is 0. The molecule has 4 heteroatoms. The van der Waals surface area contributed by atoms with E-state index in [1.807, 2.05) is 38.2 Å². The van der Waals surface area contributed by atoms with Crippen LogP contribution in [0, 0.1) is 0 Å². The fourth-order valence-electron chi connectivity index (χ4n) is 1.26. The van der Waals surface area contributed by atoms with Crippen LogP contribution >= 0.6 is 0 Å². The Labute approximate surface area is 121 Å². The van der Waals surface area contributed by atoms with Crippen LogP contribution in [0.4, 0.5) is 0 Å². The van der Waals surface area contributed by atoms with Crippen molar-refractivity contribution >= 4 is 11.9 Å². The summed E-state index contributed by atoms with van der Waals surface area (Å²) in [6.07, 6.45) is 13.4. The first-order valence-corrected chi connectivity index (χ1v) is 7.02. The van der Waals surface area contributed by atoms with Gasteiger partial charge >= 0.3 is 11.9 Å². The van der Waals surface area contributed by atoms with Crippen molar-refractivity contribution < 1.29 is 19.1 Å². The second-order valence-electron chi connectivity index (χ2n) is 4.00. The van der Waals surface area contributed by atoms with Crippen LogP contribution < -0.4 is 0 Å². The van der Waals surface area contributed by atoms with E-state index in [-0.39, 0.29) is 0 Å². The van der Waals surface area contributed by atoms with Crippen LogP contribution in [0.25, 0.3) is 0 Å². The first kappa shape index (κ1) is 18.2. The molecular weight excluding hydrogens is 256 g/mol. The van der Waals surface area contributed by atoms with Crippen LogP contribution in [0.15, 0.2) is 36.5 Å². The highest BCUT2D eigenvalue weighted by molar-refractivity contribution is 5.91. The van der Waals surface area contributed by atoms with Crippen LogP contribution in [-0.4, -0.2) is 25.2 Å². The standard InChI is InChI=1S/C16H24O4/c1-3-5-7-9-13-19-15(17)11-12-16(18)20-14-10-8-6-4-2/h5-8,11-12H,3-4,9-10,13-14H2,1-2H3/b7-5+,8-6+,12-11+. The fourth-order valence-corrected chi connectivity index (χ4v) is 1.26. The van der Waals surface area contributed by atoms with Crippen molar-refractivity contribution in [2.45, 2.75) is 39.5 Å². The Balaban J connectivity index is 3.69. The molecule has 0 saturated heterocycles. The van der Waals surface area contributed by atoms with Gasteiger partial charge in [-0.1, -0.05) is 38.2 Å². The van der Waals surface area contributed by atoms with E-state index in [0.717, 1.165) is 25.0 Å². The SMILES string of the molecule is CC/C=C/CCOC(=O)/C=C/C(=O)OCC/C=C/CC. The summed E-state index contributed by atoms with van der Waals surface area (Å²) in [5.74, 6) is -1.06. The molecule has 0 amide bonds. The summed E-state index contributed by atoms with van der Waals surface area (Å²) in [6, 6.07) is 0. The number of hydrogen-bond donors (Lipinski definition) is 0.